The van der Waals surface area contributed by atoms with Crippen LogP contribution < -0.4 is 5.32 Å². The predicted molar refractivity (Wildman–Crippen MR) is 157 cm³/mol. The molecular weight excluding hydrogens is 527 g/mol. The van der Waals surface area contributed by atoms with Gasteiger partial charge in [-0.05, 0) is 96.6 Å². The van der Waals surface area contributed by atoms with E-state index in [-0.39, 0.29) is 29.9 Å². The van der Waals surface area contributed by atoms with Crippen molar-refractivity contribution in [3.05, 3.63) is 130 Å². The van der Waals surface area contributed by atoms with Crippen LogP contribution >= 0.6 is 11.6 Å². The molecule has 0 aliphatic heterocycles. The molecule has 4 aromatic carbocycles. The van der Waals surface area contributed by atoms with Crippen molar-refractivity contribution in [1.82, 2.24) is 9.88 Å². The highest BCUT2D eigenvalue weighted by atomic mass is 35.5. The maximum Gasteiger partial charge on any atom is 0.335 e. The van der Waals surface area contributed by atoms with Gasteiger partial charge in [-0.2, -0.15) is 0 Å². The topological polar surface area (TPSA) is 71.3 Å². The number of hydrogen-bond acceptors (Lipinski definition) is 2. The predicted octanol–water partition coefficient (Wildman–Crippen LogP) is 7.90. The van der Waals surface area contributed by atoms with Gasteiger partial charge >= 0.3 is 5.97 Å². The minimum Gasteiger partial charge on any atom is -0.478 e. The van der Waals surface area contributed by atoms with Gasteiger partial charge in [-0.15, -0.1) is 0 Å². The highest BCUT2D eigenvalue weighted by Crippen LogP contribution is 2.34. The van der Waals surface area contributed by atoms with E-state index >= 15 is 0 Å². The van der Waals surface area contributed by atoms with Crippen LogP contribution in [0, 0.1) is 5.82 Å². The highest BCUT2D eigenvalue weighted by Gasteiger charge is 2.21. The molecule has 5 rings (SSSR count). The molecule has 0 aliphatic carbocycles. The minimum absolute atomic E-state index is 0.128. The Morgan fingerprint density at radius 1 is 0.925 bits per heavy atom. The molecule has 0 fully saturated rings. The molecule has 1 aromatic heterocycles. The number of aromatic nitrogens is 1. The van der Waals surface area contributed by atoms with Gasteiger partial charge in [0.15, 0.2) is 0 Å². The van der Waals surface area contributed by atoms with E-state index in [1.165, 1.54) is 24.3 Å². The van der Waals surface area contributed by atoms with Crippen LogP contribution in [-0.2, 0) is 13.0 Å². The summed E-state index contributed by atoms with van der Waals surface area (Å²) >= 11 is 6.26. The standard InChI is InChI=1S/C33H28ClFN2O3/c1-20(2)37-19-26(14-22-4-3-5-27(34)15-22)31-29(16-25(17-30(31)37)23-10-12-28(35)13-11-23)32(38)36-18-21-6-8-24(9-7-21)33(39)40/h3-13,15-17,19-20H,14,18H2,1-2H3,(H,36,38)(H,39,40). The lowest BCUT2D eigenvalue weighted by atomic mass is 9.95. The van der Waals surface area contributed by atoms with E-state index in [2.05, 4.69) is 29.9 Å². The molecule has 0 saturated heterocycles. The second-order valence-electron chi connectivity index (χ2n) is 10.1. The van der Waals surface area contributed by atoms with Crippen molar-refractivity contribution < 1.29 is 19.1 Å². The molecule has 5 aromatic rings. The second kappa shape index (κ2) is 11.4. The number of halogens is 2. The van der Waals surface area contributed by atoms with Crippen molar-refractivity contribution in [3.8, 4) is 11.1 Å². The number of fused-ring (bicyclic) bond motifs is 1. The maximum atomic E-state index is 13.8. The van der Waals surface area contributed by atoms with Crippen molar-refractivity contribution in [2.45, 2.75) is 32.9 Å². The molecule has 0 bridgehead atoms. The van der Waals surface area contributed by atoms with Gasteiger partial charge in [0.2, 0.25) is 0 Å². The van der Waals surface area contributed by atoms with Crippen molar-refractivity contribution in [1.29, 1.82) is 0 Å². The molecule has 202 valence electrons. The van der Waals surface area contributed by atoms with E-state index < -0.39 is 5.97 Å². The van der Waals surface area contributed by atoms with Crippen LogP contribution in [0.3, 0.4) is 0 Å². The number of aromatic carboxylic acids is 1. The Labute approximate surface area is 236 Å². The fraction of sp³-hybridized carbons (Fsp3) is 0.152. The quantitative estimate of drug-likeness (QED) is 0.205. The third kappa shape index (κ3) is 5.77. The number of amides is 1. The minimum atomic E-state index is -1.00. The first-order valence-corrected chi connectivity index (χ1v) is 13.4. The zero-order valence-electron chi connectivity index (χ0n) is 22.1. The Morgan fingerprint density at radius 3 is 2.30 bits per heavy atom. The molecule has 0 atom stereocenters. The van der Waals surface area contributed by atoms with Crippen molar-refractivity contribution in [2.75, 3.05) is 0 Å². The van der Waals surface area contributed by atoms with E-state index in [1.54, 1.807) is 24.3 Å². The van der Waals surface area contributed by atoms with Crippen molar-refractivity contribution in [3.63, 3.8) is 0 Å². The van der Waals surface area contributed by atoms with Crippen molar-refractivity contribution in [2.24, 2.45) is 0 Å². The maximum absolute atomic E-state index is 13.8. The zero-order chi connectivity index (χ0) is 28.4. The lowest BCUT2D eigenvalue weighted by molar-refractivity contribution is 0.0696. The number of benzene rings is 4. The second-order valence-corrected chi connectivity index (χ2v) is 10.5. The molecular formula is C33H28ClFN2O3. The summed E-state index contributed by atoms with van der Waals surface area (Å²) in [7, 11) is 0. The number of rotatable bonds is 8. The van der Waals surface area contributed by atoms with Crippen LogP contribution in [-0.4, -0.2) is 21.6 Å². The SMILES string of the molecule is CC(C)n1cc(Cc2cccc(Cl)c2)c2c(C(=O)NCc3ccc(C(=O)O)cc3)cc(-c3ccc(F)cc3)cc21. The molecule has 0 spiro atoms. The number of carboxylic acids is 1. The van der Waals surface area contributed by atoms with Gasteiger partial charge < -0.3 is 15.0 Å². The van der Waals surface area contributed by atoms with Gasteiger partial charge in [0.05, 0.1) is 5.56 Å². The number of carbonyl (C=O) groups is 2. The Balaban J connectivity index is 1.61. The van der Waals surface area contributed by atoms with Crippen LogP contribution in [0.25, 0.3) is 22.0 Å². The summed E-state index contributed by atoms with van der Waals surface area (Å²) < 4.78 is 15.8. The van der Waals surface area contributed by atoms with Gasteiger partial charge in [0.1, 0.15) is 5.82 Å². The van der Waals surface area contributed by atoms with E-state index in [0.717, 1.165) is 38.7 Å². The molecule has 0 aliphatic rings. The average Bonchev–Trinajstić information content (AvgIpc) is 3.30. The largest absolute Gasteiger partial charge is 0.478 e. The fourth-order valence-corrected chi connectivity index (χ4v) is 5.14. The summed E-state index contributed by atoms with van der Waals surface area (Å²) in [5.74, 6) is -1.59. The Hall–Kier alpha value is -4.42. The lowest BCUT2D eigenvalue weighted by Crippen LogP contribution is -2.23. The smallest absolute Gasteiger partial charge is 0.335 e. The van der Waals surface area contributed by atoms with Crippen LogP contribution in [0.4, 0.5) is 4.39 Å². The number of nitrogens with zero attached hydrogens (tertiary/aromatic N) is 1. The van der Waals surface area contributed by atoms with Crippen LogP contribution in [0.1, 0.15) is 57.3 Å². The fourth-order valence-electron chi connectivity index (χ4n) is 4.93. The van der Waals surface area contributed by atoms with Crippen molar-refractivity contribution >= 4 is 34.4 Å². The van der Waals surface area contributed by atoms with Gasteiger partial charge in [-0.3, -0.25) is 4.79 Å². The summed E-state index contributed by atoms with van der Waals surface area (Å²) in [6, 6.07) is 24.3. The van der Waals surface area contributed by atoms with Crippen LogP contribution in [0.15, 0.2) is 91.1 Å². The first-order valence-electron chi connectivity index (χ1n) is 13.0. The van der Waals surface area contributed by atoms with Gasteiger partial charge in [0.25, 0.3) is 5.91 Å². The number of nitrogens with one attached hydrogen (secondary N) is 1. The molecule has 5 nitrogen and oxygen atoms in total. The summed E-state index contributed by atoms with van der Waals surface area (Å²) in [5, 5.41) is 13.7. The highest BCUT2D eigenvalue weighted by molar-refractivity contribution is 6.30. The van der Waals surface area contributed by atoms with Crippen LogP contribution in [0.2, 0.25) is 5.02 Å². The van der Waals surface area contributed by atoms with Gasteiger partial charge in [-0.25, -0.2) is 9.18 Å². The normalized spacial score (nSPS) is 11.2. The first-order chi connectivity index (χ1) is 19.2. The van der Waals surface area contributed by atoms with E-state index in [4.69, 9.17) is 16.7 Å². The third-order valence-electron chi connectivity index (χ3n) is 6.93. The van der Waals surface area contributed by atoms with Crippen LogP contribution in [0.5, 0.6) is 0 Å². The number of carbonyl (C=O) groups excluding carboxylic acids is 1. The van der Waals surface area contributed by atoms with E-state index in [1.807, 2.05) is 36.4 Å². The Bertz CT molecular complexity index is 1710. The lowest BCUT2D eigenvalue weighted by Gasteiger charge is -2.14. The molecule has 0 radical (unpaired) electrons. The molecule has 2 N–H and O–H groups in total. The summed E-state index contributed by atoms with van der Waals surface area (Å²) in [6.07, 6.45) is 2.68. The van der Waals surface area contributed by atoms with E-state index in [9.17, 15) is 14.0 Å². The zero-order valence-corrected chi connectivity index (χ0v) is 22.9. The summed E-state index contributed by atoms with van der Waals surface area (Å²) in [5.41, 5.74) is 6.01. The first kappa shape index (κ1) is 27.2. The monoisotopic (exact) mass is 554 g/mol. The average molecular weight is 555 g/mol. The summed E-state index contributed by atoms with van der Waals surface area (Å²) in [4.78, 5) is 25.0. The molecule has 0 saturated carbocycles. The molecule has 0 unspecified atom stereocenters. The molecule has 40 heavy (non-hydrogen) atoms. The summed E-state index contributed by atoms with van der Waals surface area (Å²) in [6.45, 7) is 4.41. The van der Waals surface area contributed by atoms with E-state index in [0.29, 0.717) is 17.0 Å². The third-order valence-corrected chi connectivity index (χ3v) is 7.16. The number of carboxylic acid groups (broad SMARTS) is 1. The molecule has 1 heterocycles. The Kier molecular flexibility index (Phi) is 7.71. The molecule has 7 heteroatoms. The van der Waals surface area contributed by atoms with Gasteiger partial charge in [-0.1, -0.05) is 48.0 Å². The molecule has 1 amide bonds. The Morgan fingerprint density at radius 2 is 1.65 bits per heavy atom. The van der Waals surface area contributed by atoms with Gasteiger partial charge in [0, 0.05) is 40.3 Å². The number of hydrogen-bond donors (Lipinski definition) is 2.